The number of nitrogens with two attached hydrogens (primary N) is 3. The summed E-state index contributed by atoms with van der Waals surface area (Å²) in [6.45, 7) is 1.37. The molecule has 0 aromatic heterocycles. The van der Waals surface area contributed by atoms with E-state index in [2.05, 4.69) is 20.9 Å². The van der Waals surface area contributed by atoms with Crippen LogP contribution in [0.1, 0.15) is 26.2 Å². The smallest absolute Gasteiger partial charge is 0.326 e. The maximum Gasteiger partial charge on any atom is 0.326 e. The molecule has 0 aromatic carbocycles. The molecule has 3 unspecified atom stereocenters. The Bertz CT molecular complexity index is 598. The largest absolute Gasteiger partial charge is 0.480 e. The van der Waals surface area contributed by atoms with E-state index in [0.717, 1.165) is 0 Å². The lowest BCUT2D eigenvalue weighted by Crippen LogP contribution is -2.52. The Morgan fingerprint density at radius 1 is 1.10 bits per heavy atom. The van der Waals surface area contributed by atoms with E-state index in [-0.39, 0.29) is 12.4 Å². The van der Waals surface area contributed by atoms with Crippen molar-refractivity contribution in [3.63, 3.8) is 0 Å². The molecule has 0 spiro atoms. The third-order valence-electron chi connectivity index (χ3n) is 3.72. The lowest BCUT2D eigenvalue weighted by Gasteiger charge is -2.18. The number of carbonyl (C=O) groups is 4. The fourth-order valence-electron chi connectivity index (χ4n) is 2.10. The number of hydrogen-bond acceptors (Lipinski definition) is 7. The first kappa shape index (κ1) is 26.5. The molecule has 0 aliphatic carbocycles. The predicted molar refractivity (Wildman–Crippen MR) is 111 cm³/mol. The van der Waals surface area contributed by atoms with Gasteiger partial charge in [0.25, 0.3) is 0 Å². The average Bonchev–Trinajstić information content (AvgIpc) is 2.65. The number of carboxylic acids is 1. The minimum absolute atomic E-state index is 0.0451. The molecule has 12 nitrogen and oxygen atoms in total. The summed E-state index contributed by atoms with van der Waals surface area (Å²) in [4.78, 5) is 50.7. The lowest BCUT2D eigenvalue weighted by atomic mass is 10.1. The van der Waals surface area contributed by atoms with Crippen LogP contribution in [0, 0.1) is 0 Å². The van der Waals surface area contributed by atoms with Crippen LogP contribution >= 0.6 is 11.8 Å². The maximum atomic E-state index is 12.0. The van der Waals surface area contributed by atoms with Gasteiger partial charge in [-0.05, 0) is 38.2 Å². The van der Waals surface area contributed by atoms with Gasteiger partial charge in [0.1, 0.15) is 12.1 Å². The fourth-order valence-corrected chi connectivity index (χ4v) is 2.57. The predicted octanol–water partition coefficient (Wildman–Crippen LogP) is -2.69. The summed E-state index contributed by atoms with van der Waals surface area (Å²) in [5.74, 6) is -2.38. The van der Waals surface area contributed by atoms with Crippen LogP contribution in [-0.2, 0) is 19.2 Å². The molecule has 0 aromatic rings. The van der Waals surface area contributed by atoms with Gasteiger partial charge in [0, 0.05) is 6.54 Å². The van der Waals surface area contributed by atoms with Crippen LogP contribution in [0.2, 0.25) is 0 Å². The van der Waals surface area contributed by atoms with Gasteiger partial charge in [0.15, 0.2) is 5.96 Å². The Balaban J connectivity index is 4.31. The number of carbonyl (C=O) groups excluding carboxylic acids is 3. The number of aliphatic carboxylic acids is 1. The summed E-state index contributed by atoms with van der Waals surface area (Å²) in [6.07, 6.45) is 2.91. The number of rotatable bonds is 14. The quantitative estimate of drug-likeness (QED) is 0.0861. The number of nitrogens with zero attached hydrogens (tertiary/aromatic N) is 1. The van der Waals surface area contributed by atoms with E-state index in [1.165, 1.54) is 18.7 Å². The lowest BCUT2D eigenvalue weighted by molar-refractivity contribution is -0.141. The summed E-state index contributed by atoms with van der Waals surface area (Å²) in [5, 5.41) is 16.2. The van der Waals surface area contributed by atoms with Gasteiger partial charge in [0.2, 0.25) is 17.7 Å². The Morgan fingerprint density at radius 2 is 1.76 bits per heavy atom. The van der Waals surface area contributed by atoms with Crippen molar-refractivity contribution < 1.29 is 24.3 Å². The van der Waals surface area contributed by atoms with Gasteiger partial charge in [-0.2, -0.15) is 11.8 Å². The van der Waals surface area contributed by atoms with E-state index in [4.69, 9.17) is 22.3 Å². The van der Waals surface area contributed by atoms with Crippen molar-refractivity contribution in [1.82, 2.24) is 16.0 Å². The molecule has 0 bridgehead atoms. The van der Waals surface area contributed by atoms with Crippen LogP contribution in [-0.4, -0.2) is 78.0 Å². The van der Waals surface area contributed by atoms with Crippen molar-refractivity contribution in [2.75, 3.05) is 25.1 Å². The zero-order valence-electron chi connectivity index (χ0n) is 16.6. The minimum Gasteiger partial charge on any atom is -0.480 e. The van der Waals surface area contributed by atoms with Crippen molar-refractivity contribution >= 4 is 41.4 Å². The summed E-state index contributed by atoms with van der Waals surface area (Å²) >= 11 is 1.46. The summed E-state index contributed by atoms with van der Waals surface area (Å²) in [6, 6.07) is -2.79. The van der Waals surface area contributed by atoms with Crippen LogP contribution in [0.25, 0.3) is 0 Å². The SMILES string of the molecule is CSCCC(NC(=O)CNC(=O)C(C)NC(=O)C(N)CCCN=C(N)N)C(=O)O. The summed E-state index contributed by atoms with van der Waals surface area (Å²) in [5.41, 5.74) is 16.1. The van der Waals surface area contributed by atoms with Crippen molar-refractivity contribution in [2.24, 2.45) is 22.2 Å². The molecular weight excluding hydrogens is 402 g/mol. The number of thioether (sulfide) groups is 1. The zero-order chi connectivity index (χ0) is 22.4. The van der Waals surface area contributed by atoms with Crippen LogP contribution in [0.4, 0.5) is 0 Å². The average molecular weight is 434 g/mol. The topological polar surface area (TPSA) is 215 Å². The highest BCUT2D eigenvalue weighted by Gasteiger charge is 2.22. The van der Waals surface area contributed by atoms with Gasteiger partial charge >= 0.3 is 5.97 Å². The van der Waals surface area contributed by atoms with Crippen molar-refractivity contribution in [1.29, 1.82) is 0 Å². The van der Waals surface area contributed by atoms with Crippen molar-refractivity contribution in [2.45, 2.75) is 44.3 Å². The monoisotopic (exact) mass is 433 g/mol. The van der Waals surface area contributed by atoms with E-state index in [0.29, 0.717) is 25.1 Å². The third kappa shape index (κ3) is 12.5. The van der Waals surface area contributed by atoms with Crippen LogP contribution in [0.15, 0.2) is 4.99 Å². The number of aliphatic imine (C=N–C) groups is 1. The van der Waals surface area contributed by atoms with E-state index < -0.39 is 48.4 Å². The first-order valence-electron chi connectivity index (χ1n) is 8.98. The van der Waals surface area contributed by atoms with Crippen molar-refractivity contribution in [3.05, 3.63) is 0 Å². The molecule has 0 aliphatic heterocycles. The number of guanidine groups is 1. The molecule has 13 heteroatoms. The molecule has 0 rings (SSSR count). The second-order valence-corrected chi connectivity index (χ2v) is 7.23. The van der Waals surface area contributed by atoms with E-state index in [9.17, 15) is 19.2 Å². The first-order chi connectivity index (χ1) is 13.6. The Labute approximate surface area is 173 Å². The van der Waals surface area contributed by atoms with Gasteiger partial charge in [-0.15, -0.1) is 0 Å². The molecule has 3 atom stereocenters. The highest BCUT2D eigenvalue weighted by Crippen LogP contribution is 2.01. The summed E-state index contributed by atoms with van der Waals surface area (Å²) in [7, 11) is 0. The third-order valence-corrected chi connectivity index (χ3v) is 4.37. The van der Waals surface area contributed by atoms with E-state index >= 15 is 0 Å². The summed E-state index contributed by atoms with van der Waals surface area (Å²) < 4.78 is 0. The van der Waals surface area contributed by atoms with Crippen LogP contribution in [0.5, 0.6) is 0 Å². The Hall–Kier alpha value is -2.54. The fraction of sp³-hybridized carbons (Fsp3) is 0.688. The molecule has 0 heterocycles. The molecule has 0 saturated carbocycles. The highest BCUT2D eigenvalue weighted by molar-refractivity contribution is 7.98. The molecule has 3 amide bonds. The Kier molecular flexibility index (Phi) is 13.2. The zero-order valence-corrected chi connectivity index (χ0v) is 17.5. The molecule has 166 valence electrons. The maximum absolute atomic E-state index is 12.0. The van der Waals surface area contributed by atoms with Gasteiger partial charge in [-0.25, -0.2) is 4.79 Å². The number of carboxylic acid groups (broad SMARTS) is 1. The van der Waals surface area contributed by atoms with Gasteiger partial charge < -0.3 is 38.3 Å². The van der Waals surface area contributed by atoms with Crippen LogP contribution in [0.3, 0.4) is 0 Å². The van der Waals surface area contributed by atoms with E-state index in [1.54, 1.807) is 0 Å². The molecule has 29 heavy (non-hydrogen) atoms. The Morgan fingerprint density at radius 3 is 2.31 bits per heavy atom. The standard InChI is InChI=1S/C16H31N7O5S/c1-9(22-14(26)10(17)4-3-6-20-16(18)19)13(25)21-8-12(24)23-11(15(27)28)5-7-29-2/h9-11H,3-8,17H2,1-2H3,(H,21,25)(H,22,26)(H,23,24)(H,27,28)(H4,18,19,20). The normalized spacial score (nSPS) is 13.5. The first-order valence-corrected chi connectivity index (χ1v) is 10.4. The molecule has 0 aliphatic rings. The second-order valence-electron chi connectivity index (χ2n) is 6.24. The van der Waals surface area contributed by atoms with Gasteiger partial charge in [0.05, 0.1) is 12.6 Å². The molecule has 0 saturated heterocycles. The van der Waals surface area contributed by atoms with Crippen LogP contribution < -0.4 is 33.2 Å². The van der Waals surface area contributed by atoms with Gasteiger partial charge in [-0.1, -0.05) is 0 Å². The molecule has 0 fully saturated rings. The molecular formula is C16H31N7O5S. The van der Waals surface area contributed by atoms with Gasteiger partial charge in [-0.3, -0.25) is 19.4 Å². The minimum atomic E-state index is -1.15. The number of nitrogens with one attached hydrogen (secondary N) is 3. The van der Waals surface area contributed by atoms with Crippen molar-refractivity contribution in [3.8, 4) is 0 Å². The number of amides is 3. The highest BCUT2D eigenvalue weighted by atomic mass is 32.2. The second kappa shape index (κ2) is 14.5. The molecule has 0 radical (unpaired) electrons. The van der Waals surface area contributed by atoms with E-state index in [1.807, 2.05) is 6.26 Å². The number of hydrogen-bond donors (Lipinski definition) is 7. The molecule has 10 N–H and O–H groups in total.